The Morgan fingerprint density at radius 1 is 1.45 bits per heavy atom. The van der Waals surface area contributed by atoms with Crippen LogP contribution in [-0.2, 0) is 4.79 Å². The van der Waals surface area contributed by atoms with Crippen LogP contribution in [0.4, 0.5) is 14.5 Å². The summed E-state index contributed by atoms with van der Waals surface area (Å²) in [4.78, 5) is 12.1. The van der Waals surface area contributed by atoms with Crippen LogP contribution in [0.25, 0.3) is 0 Å². The first kappa shape index (κ1) is 15.4. The van der Waals surface area contributed by atoms with Crippen LogP contribution in [0.3, 0.4) is 0 Å². The van der Waals surface area contributed by atoms with E-state index >= 15 is 0 Å². The summed E-state index contributed by atoms with van der Waals surface area (Å²) in [5, 5.41) is 5.65. The van der Waals surface area contributed by atoms with Gasteiger partial charge in [-0.2, -0.15) is 0 Å². The zero-order valence-corrected chi connectivity index (χ0v) is 12.8. The number of halogens is 3. The molecule has 2 unspecified atom stereocenters. The highest BCUT2D eigenvalue weighted by Gasteiger charge is 2.26. The second kappa shape index (κ2) is 6.63. The Morgan fingerprint density at radius 3 is 2.90 bits per heavy atom. The summed E-state index contributed by atoms with van der Waals surface area (Å²) in [7, 11) is 0. The third-order valence-corrected chi connectivity index (χ3v) is 4.28. The van der Waals surface area contributed by atoms with Crippen molar-refractivity contribution in [2.75, 3.05) is 11.9 Å². The Morgan fingerprint density at radius 2 is 2.20 bits per heavy atom. The van der Waals surface area contributed by atoms with Gasteiger partial charge in [0.05, 0.1) is 16.2 Å². The van der Waals surface area contributed by atoms with Crippen molar-refractivity contribution in [1.29, 1.82) is 0 Å². The van der Waals surface area contributed by atoms with Crippen molar-refractivity contribution in [2.24, 2.45) is 5.92 Å². The zero-order valence-electron chi connectivity index (χ0n) is 11.2. The minimum Gasteiger partial charge on any atom is -0.322 e. The lowest BCUT2D eigenvalue weighted by atomic mass is 9.90. The molecule has 6 heteroatoms. The second-order valence-corrected chi connectivity index (χ2v) is 5.90. The van der Waals surface area contributed by atoms with Crippen LogP contribution in [0.1, 0.15) is 26.2 Å². The van der Waals surface area contributed by atoms with E-state index < -0.39 is 11.6 Å². The van der Waals surface area contributed by atoms with Gasteiger partial charge in [-0.15, -0.1) is 0 Å². The first-order valence-corrected chi connectivity index (χ1v) is 7.49. The highest BCUT2D eigenvalue weighted by Crippen LogP contribution is 2.25. The van der Waals surface area contributed by atoms with Gasteiger partial charge in [-0.25, -0.2) is 8.78 Å². The largest absolute Gasteiger partial charge is 0.322 e. The van der Waals surface area contributed by atoms with Crippen LogP contribution in [0.15, 0.2) is 16.6 Å². The molecule has 2 rings (SSSR count). The molecule has 1 aliphatic heterocycles. The van der Waals surface area contributed by atoms with Crippen molar-refractivity contribution in [2.45, 2.75) is 32.2 Å². The molecule has 1 saturated heterocycles. The molecule has 110 valence electrons. The molecule has 0 aliphatic carbocycles. The topological polar surface area (TPSA) is 41.1 Å². The van der Waals surface area contributed by atoms with Gasteiger partial charge in [-0.05, 0) is 47.3 Å². The van der Waals surface area contributed by atoms with E-state index in [4.69, 9.17) is 0 Å². The van der Waals surface area contributed by atoms with E-state index in [9.17, 15) is 13.6 Å². The lowest BCUT2D eigenvalue weighted by Crippen LogP contribution is -2.46. The van der Waals surface area contributed by atoms with E-state index in [1.807, 2.05) is 0 Å². The first-order chi connectivity index (χ1) is 9.51. The fourth-order valence-electron chi connectivity index (χ4n) is 2.40. The molecule has 0 aromatic heterocycles. The average molecular weight is 347 g/mol. The molecule has 0 bridgehead atoms. The highest BCUT2D eigenvalue weighted by molar-refractivity contribution is 9.10. The third-order valence-electron chi connectivity index (χ3n) is 3.67. The molecule has 3 nitrogen and oxygen atoms in total. The van der Waals surface area contributed by atoms with Crippen LogP contribution in [-0.4, -0.2) is 18.5 Å². The fourth-order valence-corrected chi connectivity index (χ4v) is 2.75. The third kappa shape index (κ3) is 3.55. The fraction of sp³-hybridized carbons (Fsp3) is 0.500. The molecule has 2 atom stereocenters. The van der Waals surface area contributed by atoms with E-state index in [0.29, 0.717) is 5.92 Å². The van der Waals surface area contributed by atoms with Crippen molar-refractivity contribution in [1.82, 2.24) is 5.32 Å². The van der Waals surface area contributed by atoms with E-state index in [1.54, 1.807) is 0 Å². The van der Waals surface area contributed by atoms with Gasteiger partial charge in [0.2, 0.25) is 5.91 Å². The standard InChI is InChI=1S/C14H17BrF2N2O/c1-2-8-3-4-18-13(5-8)14(20)19-12-6-9(15)10(16)7-11(12)17/h6-8,13,18H,2-5H2,1H3,(H,19,20). The number of carbonyl (C=O) groups excluding carboxylic acids is 1. The predicted molar refractivity (Wildman–Crippen MR) is 77.5 cm³/mol. The van der Waals surface area contributed by atoms with Crippen molar-refractivity contribution in [3.63, 3.8) is 0 Å². The number of piperidine rings is 1. The van der Waals surface area contributed by atoms with Crippen LogP contribution in [0.5, 0.6) is 0 Å². The van der Waals surface area contributed by atoms with Crippen molar-refractivity contribution in [3.05, 3.63) is 28.2 Å². The number of carbonyl (C=O) groups is 1. The summed E-state index contributed by atoms with van der Waals surface area (Å²) in [6.07, 6.45) is 2.82. The monoisotopic (exact) mass is 346 g/mol. The van der Waals surface area contributed by atoms with Gasteiger partial charge in [0.15, 0.2) is 0 Å². The molecule has 1 fully saturated rings. The summed E-state index contributed by atoms with van der Waals surface area (Å²) >= 11 is 2.98. The van der Waals surface area contributed by atoms with Crippen LogP contribution in [0, 0.1) is 17.6 Å². The van der Waals surface area contributed by atoms with Crippen LogP contribution >= 0.6 is 15.9 Å². The van der Waals surface area contributed by atoms with Gasteiger partial charge < -0.3 is 10.6 Å². The van der Waals surface area contributed by atoms with Gasteiger partial charge in [0.25, 0.3) is 0 Å². The summed E-state index contributed by atoms with van der Waals surface area (Å²) in [5.41, 5.74) is -0.0105. The molecule has 2 N–H and O–H groups in total. The van der Waals surface area contributed by atoms with Gasteiger partial charge in [0.1, 0.15) is 11.6 Å². The molecule has 1 aromatic rings. The minimum absolute atomic E-state index is 0.0105. The number of benzene rings is 1. The number of amides is 1. The quantitative estimate of drug-likeness (QED) is 0.823. The maximum Gasteiger partial charge on any atom is 0.241 e. The number of hydrogen-bond donors (Lipinski definition) is 2. The number of rotatable bonds is 3. The summed E-state index contributed by atoms with van der Waals surface area (Å²) in [6.45, 7) is 2.88. The first-order valence-electron chi connectivity index (χ1n) is 6.70. The number of anilines is 1. The summed E-state index contributed by atoms with van der Waals surface area (Å²) < 4.78 is 26.9. The molecule has 1 aromatic carbocycles. The van der Waals surface area contributed by atoms with Crippen LogP contribution < -0.4 is 10.6 Å². The van der Waals surface area contributed by atoms with E-state index in [2.05, 4.69) is 33.5 Å². The van der Waals surface area contributed by atoms with Gasteiger partial charge >= 0.3 is 0 Å². The lowest BCUT2D eigenvalue weighted by molar-refractivity contribution is -0.119. The molecule has 0 saturated carbocycles. The van der Waals surface area contributed by atoms with E-state index in [1.165, 1.54) is 6.07 Å². The van der Waals surface area contributed by atoms with E-state index in [0.717, 1.165) is 31.9 Å². The lowest BCUT2D eigenvalue weighted by Gasteiger charge is -2.28. The maximum absolute atomic E-state index is 13.6. The Hall–Kier alpha value is -1.01. The Labute approximate surface area is 125 Å². The van der Waals surface area contributed by atoms with Gasteiger partial charge in [0, 0.05) is 6.07 Å². The van der Waals surface area contributed by atoms with Crippen LogP contribution in [0.2, 0.25) is 0 Å². The van der Waals surface area contributed by atoms with Gasteiger partial charge in [-0.1, -0.05) is 13.3 Å². The maximum atomic E-state index is 13.6. The molecule has 0 radical (unpaired) electrons. The summed E-state index contributed by atoms with van der Waals surface area (Å²) in [6, 6.07) is 1.67. The van der Waals surface area contributed by atoms with Crippen molar-refractivity contribution < 1.29 is 13.6 Å². The molecule has 1 heterocycles. The van der Waals surface area contributed by atoms with Crippen molar-refractivity contribution in [3.8, 4) is 0 Å². The Bertz CT molecular complexity index is 510. The van der Waals surface area contributed by atoms with E-state index in [-0.39, 0.29) is 22.1 Å². The molecule has 20 heavy (non-hydrogen) atoms. The predicted octanol–water partition coefficient (Wildman–Crippen LogP) is 3.44. The smallest absolute Gasteiger partial charge is 0.241 e. The number of nitrogens with one attached hydrogen (secondary N) is 2. The molecular formula is C14H17BrF2N2O. The SMILES string of the molecule is CCC1CCNC(C(=O)Nc2cc(Br)c(F)cc2F)C1. The number of hydrogen-bond acceptors (Lipinski definition) is 2. The second-order valence-electron chi connectivity index (χ2n) is 5.04. The molecular weight excluding hydrogens is 330 g/mol. The summed E-state index contributed by atoms with van der Waals surface area (Å²) in [5.74, 6) is -1.23. The highest BCUT2D eigenvalue weighted by atomic mass is 79.9. The normalized spacial score (nSPS) is 22.6. The molecule has 0 spiro atoms. The Kier molecular flexibility index (Phi) is 5.10. The van der Waals surface area contributed by atoms with Crippen molar-refractivity contribution >= 4 is 27.5 Å². The average Bonchev–Trinajstić information content (AvgIpc) is 2.44. The Balaban J connectivity index is 2.06. The van der Waals surface area contributed by atoms with Gasteiger partial charge in [-0.3, -0.25) is 4.79 Å². The molecule has 1 aliphatic rings. The minimum atomic E-state index is -0.776. The molecule has 1 amide bonds. The zero-order chi connectivity index (χ0) is 14.7.